The number of alkyl halides is 1. The van der Waals surface area contributed by atoms with Gasteiger partial charge in [0.2, 0.25) is 5.91 Å². The molecule has 1 aliphatic rings. The van der Waals surface area contributed by atoms with Crippen molar-refractivity contribution in [1.82, 2.24) is 0 Å². The summed E-state index contributed by atoms with van der Waals surface area (Å²) in [6.07, 6.45) is 0. The summed E-state index contributed by atoms with van der Waals surface area (Å²) in [6.45, 7) is 3.32. The summed E-state index contributed by atoms with van der Waals surface area (Å²) in [5, 5.41) is -1.36. The lowest BCUT2D eigenvalue weighted by Gasteiger charge is -2.50. The fourth-order valence-corrected chi connectivity index (χ4v) is 2.75. The van der Waals surface area contributed by atoms with Crippen LogP contribution in [-0.2, 0) is 23.9 Å². The zero-order chi connectivity index (χ0) is 16.3. The molecule has 1 atom stereocenters. The van der Waals surface area contributed by atoms with Gasteiger partial charge in [-0.3, -0.25) is 9.69 Å². The molecule has 0 bridgehead atoms. The van der Waals surface area contributed by atoms with Gasteiger partial charge in [-0.2, -0.15) is 0 Å². The van der Waals surface area contributed by atoms with Gasteiger partial charge in [0.25, 0.3) is 5.54 Å². The maximum Gasteiger partial charge on any atom is 0.346 e. The zero-order valence-electron chi connectivity index (χ0n) is 12.2. The maximum absolute atomic E-state index is 12.4. The minimum Gasteiger partial charge on any atom is -0.464 e. The third kappa shape index (κ3) is 2.23. The summed E-state index contributed by atoms with van der Waals surface area (Å²) < 4.78 is 9.94. The molecule has 1 aromatic rings. The first-order valence-corrected chi connectivity index (χ1v) is 7.33. The highest BCUT2D eigenvalue weighted by atomic mass is 35.5. The lowest BCUT2D eigenvalue weighted by atomic mass is 9.82. The Kier molecular flexibility index (Phi) is 4.71. The van der Waals surface area contributed by atoms with Crippen LogP contribution in [0.4, 0.5) is 5.69 Å². The second-order valence-electron chi connectivity index (χ2n) is 4.58. The van der Waals surface area contributed by atoms with Crippen LogP contribution in [0.3, 0.4) is 0 Å². The van der Waals surface area contributed by atoms with Crippen molar-refractivity contribution in [1.29, 1.82) is 0 Å². The number of amides is 1. The number of anilines is 1. The number of carbonyl (C=O) groups excluding carboxylic acids is 3. The first kappa shape index (κ1) is 16.3. The van der Waals surface area contributed by atoms with Crippen molar-refractivity contribution in [2.24, 2.45) is 0 Å². The summed E-state index contributed by atoms with van der Waals surface area (Å²) in [4.78, 5) is 38.0. The van der Waals surface area contributed by atoms with E-state index in [1.807, 2.05) is 0 Å². The van der Waals surface area contributed by atoms with Crippen molar-refractivity contribution < 1.29 is 23.9 Å². The van der Waals surface area contributed by atoms with Gasteiger partial charge in [0.1, 0.15) is 0 Å². The number of β-lactam (4-membered cyclic amide) rings is 1. The van der Waals surface area contributed by atoms with Crippen molar-refractivity contribution in [2.45, 2.75) is 24.8 Å². The van der Waals surface area contributed by atoms with E-state index in [0.717, 1.165) is 4.90 Å². The van der Waals surface area contributed by atoms with E-state index in [-0.39, 0.29) is 13.2 Å². The summed E-state index contributed by atoms with van der Waals surface area (Å²) in [6, 6.07) is 8.33. The summed E-state index contributed by atoms with van der Waals surface area (Å²) >= 11 is 6.04. The Morgan fingerprint density at radius 3 is 2.09 bits per heavy atom. The molecule has 118 valence electrons. The molecule has 0 N–H and O–H groups in total. The number of benzene rings is 1. The lowest BCUT2D eigenvalue weighted by molar-refractivity contribution is -0.171. The number of rotatable bonds is 5. The predicted molar refractivity (Wildman–Crippen MR) is 79.6 cm³/mol. The number of halogens is 1. The van der Waals surface area contributed by atoms with Gasteiger partial charge in [0, 0.05) is 5.69 Å². The number of nitrogens with zero attached hydrogens (tertiary/aromatic N) is 1. The summed E-state index contributed by atoms with van der Waals surface area (Å²) in [5.74, 6) is -2.33. The fourth-order valence-electron chi connectivity index (χ4n) is 2.38. The molecule has 1 saturated heterocycles. The molecule has 1 aliphatic heterocycles. The van der Waals surface area contributed by atoms with Crippen molar-refractivity contribution in [3.8, 4) is 0 Å². The smallest absolute Gasteiger partial charge is 0.346 e. The zero-order valence-corrected chi connectivity index (χ0v) is 13.0. The average molecular weight is 326 g/mol. The molecule has 1 heterocycles. The van der Waals surface area contributed by atoms with Crippen LogP contribution in [0.15, 0.2) is 30.3 Å². The first-order chi connectivity index (χ1) is 10.5. The Morgan fingerprint density at radius 1 is 1.14 bits per heavy atom. The number of carbonyl (C=O) groups is 3. The highest BCUT2D eigenvalue weighted by Crippen LogP contribution is 2.42. The monoisotopic (exact) mass is 325 g/mol. The highest BCUT2D eigenvalue weighted by molar-refractivity contribution is 6.45. The Labute approximate surface area is 132 Å². The van der Waals surface area contributed by atoms with E-state index in [0.29, 0.717) is 5.69 Å². The van der Waals surface area contributed by atoms with Gasteiger partial charge < -0.3 is 9.47 Å². The first-order valence-electron chi connectivity index (χ1n) is 6.89. The molecular formula is C15H16ClNO5. The van der Waals surface area contributed by atoms with Crippen LogP contribution in [0.5, 0.6) is 0 Å². The molecule has 7 heteroatoms. The van der Waals surface area contributed by atoms with Gasteiger partial charge in [-0.15, -0.1) is 11.6 Å². The van der Waals surface area contributed by atoms with E-state index in [9.17, 15) is 14.4 Å². The third-order valence-electron chi connectivity index (χ3n) is 3.34. The topological polar surface area (TPSA) is 72.9 Å². The molecule has 0 aliphatic carbocycles. The van der Waals surface area contributed by atoms with Crippen molar-refractivity contribution in [3.63, 3.8) is 0 Å². The van der Waals surface area contributed by atoms with Crippen LogP contribution in [0.2, 0.25) is 0 Å². The molecule has 0 aromatic heterocycles. The van der Waals surface area contributed by atoms with Gasteiger partial charge in [0.15, 0.2) is 5.38 Å². The largest absolute Gasteiger partial charge is 0.464 e. The predicted octanol–water partition coefficient (Wildman–Crippen LogP) is 1.51. The Hall–Kier alpha value is -2.08. The van der Waals surface area contributed by atoms with Crippen LogP contribution < -0.4 is 4.90 Å². The Morgan fingerprint density at radius 2 is 1.64 bits per heavy atom. The minimum absolute atomic E-state index is 0.0560. The molecule has 2 rings (SSSR count). The van der Waals surface area contributed by atoms with Crippen LogP contribution in [0.1, 0.15) is 13.8 Å². The van der Waals surface area contributed by atoms with E-state index in [1.165, 1.54) is 0 Å². The van der Waals surface area contributed by atoms with Gasteiger partial charge >= 0.3 is 11.9 Å². The van der Waals surface area contributed by atoms with E-state index in [4.69, 9.17) is 21.1 Å². The average Bonchev–Trinajstić information content (AvgIpc) is 2.52. The van der Waals surface area contributed by atoms with Crippen molar-refractivity contribution in [2.75, 3.05) is 18.1 Å². The van der Waals surface area contributed by atoms with E-state index < -0.39 is 28.8 Å². The number of hydrogen-bond acceptors (Lipinski definition) is 5. The number of para-hydroxylation sites is 1. The molecule has 22 heavy (non-hydrogen) atoms. The summed E-state index contributed by atoms with van der Waals surface area (Å²) in [7, 11) is 0. The van der Waals surface area contributed by atoms with Crippen LogP contribution in [0.25, 0.3) is 0 Å². The quantitative estimate of drug-likeness (QED) is 0.355. The van der Waals surface area contributed by atoms with Gasteiger partial charge in [-0.05, 0) is 26.0 Å². The maximum atomic E-state index is 12.4. The van der Waals surface area contributed by atoms with E-state index in [2.05, 4.69) is 0 Å². The SMILES string of the molecule is CCOC(=O)C1(C(=O)OCC)[C@H](Cl)C(=O)N1c1ccccc1. The van der Waals surface area contributed by atoms with Gasteiger partial charge in [-0.1, -0.05) is 18.2 Å². The highest BCUT2D eigenvalue weighted by Gasteiger charge is 2.72. The third-order valence-corrected chi connectivity index (χ3v) is 3.85. The van der Waals surface area contributed by atoms with Crippen molar-refractivity contribution in [3.05, 3.63) is 30.3 Å². The lowest BCUT2D eigenvalue weighted by Crippen LogP contribution is -2.80. The van der Waals surface area contributed by atoms with Gasteiger partial charge in [0.05, 0.1) is 13.2 Å². The standard InChI is InChI=1S/C15H16ClNO5/c1-3-21-13(19)15(14(20)22-4-2)11(16)12(18)17(15)10-8-6-5-7-9-10/h5-9,11H,3-4H2,1-2H3/t11-/m1/s1. The Bertz CT molecular complexity index is 571. The molecule has 1 amide bonds. The molecule has 0 spiro atoms. The minimum atomic E-state index is -1.98. The summed E-state index contributed by atoms with van der Waals surface area (Å²) in [5.41, 5.74) is -1.60. The number of hydrogen-bond donors (Lipinski definition) is 0. The van der Waals surface area contributed by atoms with Crippen LogP contribution in [0, 0.1) is 0 Å². The molecule has 0 saturated carbocycles. The number of ether oxygens (including phenoxy) is 2. The van der Waals surface area contributed by atoms with Crippen LogP contribution >= 0.6 is 11.6 Å². The van der Waals surface area contributed by atoms with E-state index in [1.54, 1.807) is 44.2 Å². The van der Waals surface area contributed by atoms with Crippen molar-refractivity contribution >= 4 is 35.1 Å². The molecule has 1 aromatic carbocycles. The normalized spacial score (nSPS) is 19.3. The molecule has 0 unspecified atom stereocenters. The van der Waals surface area contributed by atoms with Crippen LogP contribution in [-0.4, -0.2) is 42.0 Å². The molecule has 6 nitrogen and oxygen atoms in total. The molecular weight excluding hydrogens is 310 g/mol. The molecule has 1 fully saturated rings. The Balaban J connectivity index is 2.52. The second-order valence-corrected chi connectivity index (χ2v) is 5.02. The number of esters is 2. The van der Waals surface area contributed by atoms with E-state index >= 15 is 0 Å². The molecule has 0 radical (unpaired) electrons. The fraction of sp³-hybridized carbons (Fsp3) is 0.400. The second kappa shape index (κ2) is 6.36. The van der Waals surface area contributed by atoms with Gasteiger partial charge in [-0.25, -0.2) is 9.59 Å².